The lowest BCUT2D eigenvalue weighted by Gasteiger charge is -2.09. The average Bonchev–Trinajstić information content (AvgIpc) is 2.43. The predicted octanol–water partition coefficient (Wildman–Crippen LogP) is 4.57. The number of rotatable bonds is 3. The van der Waals surface area contributed by atoms with E-state index in [2.05, 4.69) is 21.2 Å². The maximum atomic E-state index is 12.1. The molecule has 0 saturated carbocycles. The smallest absolute Gasteiger partial charge is 0.269 e. The van der Waals surface area contributed by atoms with E-state index in [1.165, 1.54) is 18.2 Å². The van der Waals surface area contributed by atoms with E-state index >= 15 is 0 Å². The SMILES string of the molecule is Cc1cc([N+](=O)[O-])ccc1NC(=O)c1ccc(Br)c(Cl)c1. The van der Waals surface area contributed by atoms with E-state index in [1.807, 2.05) is 0 Å². The Hall–Kier alpha value is -1.92. The van der Waals surface area contributed by atoms with Crippen LogP contribution in [0.5, 0.6) is 0 Å². The number of halogens is 2. The van der Waals surface area contributed by atoms with Gasteiger partial charge in [0.1, 0.15) is 0 Å². The molecule has 2 aromatic rings. The zero-order valence-corrected chi connectivity index (χ0v) is 13.2. The first-order valence-electron chi connectivity index (χ1n) is 5.90. The van der Waals surface area contributed by atoms with Gasteiger partial charge in [0.05, 0.1) is 9.95 Å². The molecule has 2 aromatic carbocycles. The van der Waals surface area contributed by atoms with Crippen LogP contribution in [-0.4, -0.2) is 10.8 Å². The number of hydrogen-bond acceptors (Lipinski definition) is 3. The van der Waals surface area contributed by atoms with E-state index in [-0.39, 0.29) is 11.6 Å². The number of amides is 1. The van der Waals surface area contributed by atoms with Gasteiger partial charge in [-0.1, -0.05) is 11.6 Å². The normalized spacial score (nSPS) is 10.2. The summed E-state index contributed by atoms with van der Waals surface area (Å²) < 4.78 is 0.701. The molecule has 0 atom stereocenters. The van der Waals surface area contributed by atoms with Gasteiger partial charge in [0.2, 0.25) is 0 Å². The van der Waals surface area contributed by atoms with E-state index in [1.54, 1.807) is 25.1 Å². The zero-order chi connectivity index (χ0) is 15.6. The summed E-state index contributed by atoms with van der Waals surface area (Å²) in [5.41, 5.74) is 1.52. The summed E-state index contributed by atoms with van der Waals surface area (Å²) in [7, 11) is 0. The monoisotopic (exact) mass is 368 g/mol. The molecule has 1 amide bonds. The molecule has 0 spiro atoms. The van der Waals surface area contributed by atoms with Gasteiger partial charge in [0, 0.05) is 27.9 Å². The molecule has 5 nitrogen and oxygen atoms in total. The van der Waals surface area contributed by atoms with Gasteiger partial charge >= 0.3 is 0 Å². The molecule has 0 aliphatic carbocycles. The summed E-state index contributed by atoms with van der Waals surface area (Å²) in [5.74, 6) is -0.332. The number of benzene rings is 2. The van der Waals surface area contributed by atoms with Crippen molar-refractivity contribution in [3.63, 3.8) is 0 Å². The third-order valence-electron chi connectivity index (χ3n) is 2.85. The summed E-state index contributed by atoms with van der Waals surface area (Å²) in [5, 5.41) is 13.8. The Morgan fingerprint density at radius 3 is 2.57 bits per heavy atom. The minimum atomic E-state index is -0.479. The predicted molar refractivity (Wildman–Crippen MR) is 84.9 cm³/mol. The van der Waals surface area contributed by atoms with Crippen molar-refractivity contribution in [2.24, 2.45) is 0 Å². The molecule has 108 valence electrons. The van der Waals surface area contributed by atoms with Crippen LogP contribution in [0, 0.1) is 17.0 Å². The van der Waals surface area contributed by atoms with Crippen LogP contribution in [-0.2, 0) is 0 Å². The molecule has 0 unspecified atom stereocenters. The number of aryl methyl sites for hydroxylation is 1. The number of carbonyl (C=O) groups is 1. The second kappa shape index (κ2) is 6.24. The van der Waals surface area contributed by atoms with Gasteiger partial charge < -0.3 is 5.32 Å². The van der Waals surface area contributed by atoms with Crippen LogP contribution in [0.2, 0.25) is 5.02 Å². The highest BCUT2D eigenvalue weighted by Crippen LogP contribution is 2.25. The van der Waals surface area contributed by atoms with Crippen molar-refractivity contribution in [2.75, 3.05) is 5.32 Å². The Balaban J connectivity index is 2.23. The van der Waals surface area contributed by atoms with Crippen LogP contribution >= 0.6 is 27.5 Å². The molecular weight excluding hydrogens is 360 g/mol. The standard InChI is InChI=1S/C14H10BrClN2O3/c1-8-6-10(18(20)21)3-5-13(8)17-14(19)9-2-4-11(15)12(16)7-9/h2-7H,1H3,(H,17,19). The molecular formula is C14H10BrClN2O3. The number of non-ortho nitro benzene ring substituents is 1. The number of hydrogen-bond donors (Lipinski definition) is 1. The van der Waals surface area contributed by atoms with E-state index in [9.17, 15) is 14.9 Å². The summed E-state index contributed by atoms with van der Waals surface area (Å²) >= 11 is 9.20. The van der Waals surface area contributed by atoms with Crippen LogP contribution in [0.4, 0.5) is 11.4 Å². The number of nitrogens with one attached hydrogen (secondary N) is 1. The van der Waals surface area contributed by atoms with Gasteiger partial charge in [0.25, 0.3) is 11.6 Å². The lowest BCUT2D eigenvalue weighted by Crippen LogP contribution is -2.12. The Labute approximate surface area is 134 Å². The fraction of sp³-hybridized carbons (Fsp3) is 0.0714. The van der Waals surface area contributed by atoms with Crippen LogP contribution in [0.1, 0.15) is 15.9 Å². The summed E-state index contributed by atoms with van der Waals surface area (Å²) in [6.07, 6.45) is 0. The molecule has 2 rings (SSSR count). The van der Waals surface area contributed by atoms with E-state index < -0.39 is 4.92 Å². The third kappa shape index (κ3) is 3.59. The van der Waals surface area contributed by atoms with Crippen molar-refractivity contribution < 1.29 is 9.72 Å². The number of nitro groups is 1. The third-order valence-corrected chi connectivity index (χ3v) is 4.08. The number of anilines is 1. The molecule has 0 radical (unpaired) electrons. The van der Waals surface area contributed by atoms with Crippen LogP contribution in [0.3, 0.4) is 0 Å². The Kier molecular flexibility index (Phi) is 4.59. The fourth-order valence-corrected chi connectivity index (χ4v) is 2.16. The molecule has 1 N–H and O–H groups in total. The van der Waals surface area contributed by atoms with Crippen molar-refractivity contribution in [1.29, 1.82) is 0 Å². The van der Waals surface area contributed by atoms with E-state index in [0.717, 1.165) is 0 Å². The molecule has 0 heterocycles. The summed E-state index contributed by atoms with van der Waals surface area (Å²) in [6, 6.07) is 9.11. The topological polar surface area (TPSA) is 72.2 Å². The lowest BCUT2D eigenvalue weighted by atomic mass is 10.1. The zero-order valence-electron chi connectivity index (χ0n) is 10.9. The van der Waals surface area contributed by atoms with E-state index in [0.29, 0.717) is 26.3 Å². The number of nitrogens with zero attached hydrogens (tertiary/aromatic N) is 1. The van der Waals surface area contributed by atoms with Crippen molar-refractivity contribution in [2.45, 2.75) is 6.92 Å². The van der Waals surface area contributed by atoms with Gasteiger partial charge in [-0.05, 0) is 52.7 Å². The molecule has 0 bridgehead atoms. The second-order valence-corrected chi connectivity index (χ2v) is 5.60. The van der Waals surface area contributed by atoms with Gasteiger partial charge in [-0.15, -0.1) is 0 Å². The average molecular weight is 370 g/mol. The Bertz CT molecular complexity index is 734. The lowest BCUT2D eigenvalue weighted by molar-refractivity contribution is -0.384. The molecule has 21 heavy (non-hydrogen) atoms. The fourth-order valence-electron chi connectivity index (χ4n) is 1.73. The highest BCUT2D eigenvalue weighted by molar-refractivity contribution is 9.10. The first kappa shape index (κ1) is 15.5. The molecule has 0 fully saturated rings. The van der Waals surface area contributed by atoms with Crippen molar-refractivity contribution in [1.82, 2.24) is 0 Å². The van der Waals surface area contributed by atoms with Gasteiger partial charge in [0.15, 0.2) is 0 Å². The van der Waals surface area contributed by atoms with Crippen LogP contribution < -0.4 is 5.32 Å². The summed E-state index contributed by atoms with van der Waals surface area (Å²) in [6.45, 7) is 1.69. The summed E-state index contributed by atoms with van der Waals surface area (Å²) in [4.78, 5) is 22.3. The van der Waals surface area contributed by atoms with Crippen molar-refractivity contribution in [3.8, 4) is 0 Å². The van der Waals surface area contributed by atoms with E-state index in [4.69, 9.17) is 11.6 Å². The van der Waals surface area contributed by atoms with Gasteiger partial charge in [-0.2, -0.15) is 0 Å². The number of nitro benzene ring substituents is 1. The minimum Gasteiger partial charge on any atom is -0.322 e. The Morgan fingerprint density at radius 1 is 1.29 bits per heavy atom. The quantitative estimate of drug-likeness (QED) is 0.636. The van der Waals surface area contributed by atoms with Crippen molar-refractivity contribution in [3.05, 3.63) is 67.1 Å². The Morgan fingerprint density at radius 2 is 2.00 bits per heavy atom. The minimum absolute atomic E-state index is 0.0165. The molecule has 0 saturated heterocycles. The number of carbonyl (C=O) groups excluding carboxylic acids is 1. The molecule has 7 heteroatoms. The highest BCUT2D eigenvalue weighted by Gasteiger charge is 2.12. The molecule has 0 aliphatic rings. The largest absolute Gasteiger partial charge is 0.322 e. The molecule has 0 aromatic heterocycles. The van der Waals surface area contributed by atoms with Crippen LogP contribution in [0.25, 0.3) is 0 Å². The van der Waals surface area contributed by atoms with Crippen molar-refractivity contribution >= 4 is 44.8 Å². The highest BCUT2D eigenvalue weighted by atomic mass is 79.9. The molecule has 0 aliphatic heterocycles. The van der Waals surface area contributed by atoms with Crippen LogP contribution in [0.15, 0.2) is 40.9 Å². The maximum Gasteiger partial charge on any atom is 0.269 e. The van der Waals surface area contributed by atoms with Gasteiger partial charge in [-0.25, -0.2) is 0 Å². The van der Waals surface area contributed by atoms with Gasteiger partial charge in [-0.3, -0.25) is 14.9 Å². The maximum absolute atomic E-state index is 12.1. The first-order valence-corrected chi connectivity index (χ1v) is 7.07. The second-order valence-electron chi connectivity index (χ2n) is 4.34. The first-order chi connectivity index (χ1) is 9.88.